The summed E-state index contributed by atoms with van der Waals surface area (Å²) in [6, 6.07) is 6.53. The van der Waals surface area contributed by atoms with Gasteiger partial charge in [0, 0.05) is 12.1 Å². The van der Waals surface area contributed by atoms with E-state index >= 15 is 0 Å². The van der Waals surface area contributed by atoms with Crippen molar-refractivity contribution in [2.75, 3.05) is 13.1 Å². The Bertz CT molecular complexity index is 465. The van der Waals surface area contributed by atoms with E-state index in [9.17, 15) is 13.2 Å². The van der Waals surface area contributed by atoms with Crippen molar-refractivity contribution in [1.82, 2.24) is 4.90 Å². The Kier molecular flexibility index (Phi) is 5.34. The zero-order valence-corrected chi connectivity index (χ0v) is 12.9. The van der Waals surface area contributed by atoms with E-state index in [1.165, 1.54) is 12.1 Å². The summed E-state index contributed by atoms with van der Waals surface area (Å²) in [6.07, 6.45) is -2.51. The van der Waals surface area contributed by atoms with E-state index < -0.39 is 6.36 Å². The molecule has 2 N–H and O–H groups in total. The van der Waals surface area contributed by atoms with Crippen LogP contribution in [0.1, 0.15) is 38.3 Å². The lowest BCUT2D eigenvalue weighted by Gasteiger charge is -2.37. The first kappa shape index (κ1) is 17.1. The lowest BCUT2D eigenvalue weighted by atomic mass is 9.90. The summed E-state index contributed by atoms with van der Waals surface area (Å²) in [5, 5.41) is 0. The Hall–Kier alpha value is -1.27. The highest BCUT2D eigenvalue weighted by atomic mass is 19.4. The fourth-order valence-corrected chi connectivity index (χ4v) is 2.99. The lowest BCUT2D eigenvalue weighted by molar-refractivity contribution is -0.274. The maximum atomic E-state index is 12.2. The second kappa shape index (κ2) is 6.87. The van der Waals surface area contributed by atoms with Crippen molar-refractivity contribution in [1.29, 1.82) is 0 Å². The molecule has 0 saturated carbocycles. The fraction of sp³-hybridized carbons (Fsp3) is 0.625. The Balaban J connectivity index is 1.94. The van der Waals surface area contributed by atoms with Gasteiger partial charge in [-0.15, -0.1) is 13.2 Å². The predicted octanol–water partition coefficient (Wildman–Crippen LogP) is 3.71. The summed E-state index contributed by atoms with van der Waals surface area (Å²) in [4.78, 5) is 2.35. The molecule has 1 aromatic rings. The zero-order valence-electron chi connectivity index (χ0n) is 12.9. The van der Waals surface area contributed by atoms with Gasteiger partial charge in [0.05, 0.1) is 0 Å². The molecule has 0 spiro atoms. The van der Waals surface area contributed by atoms with Crippen LogP contribution in [0.3, 0.4) is 0 Å². The predicted molar refractivity (Wildman–Crippen MR) is 79.5 cm³/mol. The van der Waals surface area contributed by atoms with Crippen LogP contribution in [0.2, 0.25) is 0 Å². The van der Waals surface area contributed by atoms with Gasteiger partial charge in [0.2, 0.25) is 0 Å². The van der Waals surface area contributed by atoms with E-state index in [0.717, 1.165) is 31.5 Å². The minimum Gasteiger partial charge on any atom is -0.406 e. The Morgan fingerprint density at radius 2 is 1.68 bits per heavy atom. The number of alkyl halides is 3. The molecule has 2 unspecified atom stereocenters. The maximum Gasteiger partial charge on any atom is 0.573 e. The smallest absolute Gasteiger partial charge is 0.406 e. The number of halogens is 3. The molecular weight excluding hydrogens is 293 g/mol. The molecule has 1 aliphatic rings. The summed E-state index contributed by atoms with van der Waals surface area (Å²) in [7, 11) is 0. The molecule has 0 bridgehead atoms. The first-order valence-electron chi connectivity index (χ1n) is 7.61. The Morgan fingerprint density at radius 3 is 2.14 bits per heavy atom. The van der Waals surface area contributed by atoms with Crippen LogP contribution < -0.4 is 10.5 Å². The third-order valence-corrected chi connectivity index (χ3v) is 4.46. The average Bonchev–Trinajstić information content (AvgIpc) is 2.46. The summed E-state index contributed by atoms with van der Waals surface area (Å²) < 4.78 is 40.4. The second-order valence-electron chi connectivity index (χ2n) is 6.03. The number of benzene rings is 1. The summed E-state index contributed by atoms with van der Waals surface area (Å²) in [5.74, 6) is 0.380. The van der Waals surface area contributed by atoms with Crippen LogP contribution in [-0.2, 0) is 0 Å². The molecule has 0 aromatic heterocycles. The minimum atomic E-state index is -4.64. The van der Waals surface area contributed by atoms with Gasteiger partial charge in [-0.05, 0) is 63.4 Å². The molecule has 1 saturated heterocycles. The van der Waals surface area contributed by atoms with Crippen molar-refractivity contribution < 1.29 is 17.9 Å². The van der Waals surface area contributed by atoms with Crippen LogP contribution in [0.5, 0.6) is 5.75 Å². The highest BCUT2D eigenvalue weighted by molar-refractivity contribution is 5.29. The highest BCUT2D eigenvalue weighted by Gasteiger charge is 2.31. The summed E-state index contributed by atoms with van der Waals surface area (Å²) in [6.45, 7) is 6.05. The molecule has 1 aliphatic heterocycles. The molecule has 2 rings (SSSR count). The minimum absolute atomic E-state index is 0.175. The van der Waals surface area contributed by atoms with Gasteiger partial charge < -0.3 is 10.5 Å². The maximum absolute atomic E-state index is 12.2. The van der Waals surface area contributed by atoms with Gasteiger partial charge in [0.25, 0.3) is 0 Å². The van der Waals surface area contributed by atoms with Crippen molar-refractivity contribution in [2.45, 2.75) is 45.1 Å². The number of hydrogen-bond donors (Lipinski definition) is 1. The van der Waals surface area contributed by atoms with E-state index in [-0.39, 0.29) is 17.8 Å². The molecule has 2 atom stereocenters. The second-order valence-corrected chi connectivity index (χ2v) is 6.03. The highest BCUT2D eigenvalue weighted by Crippen LogP contribution is 2.29. The van der Waals surface area contributed by atoms with Crippen LogP contribution >= 0.6 is 0 Å². The zero-order chi connectivity index (χ0) is 16.3. The normalized spacial score (nSPS) is 20.6. The largest absolute Gasteiger partial charge is 0.573 e. The SMILES string of the molecule is CC(N)C1CCN(C(C)c2ccc(OC(F)(F)F)cc2)CC1. The Morgan fingerprint density at radius 1 is 1.14 bits per heavy atom. The number of nitrogens with two attached hydrogens (primary N) is 1. The fourth-order valence-electron chi connectivity index (χ4n) is 2.99. The number of piperidine rings is 1. The molecule has 6 heteroatoms. The average molecular weight is 316 g/mol. The van der Waals surface area contributed by atoms with Gasteiger partial charge in [0.1, 0.15) is 5.75 Å². The standard InChI is InChI=1S/C16H23F3N2O/c1-11(20)13-7-9-21(10-8-13)12(2)14-3-5-15(6-4-14)22-16(17,18)19/h3-6,11-13H,7-10,20H2,1-2H3. The quantitative estimate of drug-likeness (QED) is 0.920. The van der Waals surface area contributed by atoms with Gasteiger partial charge in [-0.1, -0.05) is 12.1 Å². The molecule has 1 heterocycles. The third kappa shape index (κ3) is 4.61. The molecule has 1 aromatic carbocycles. The monoisotopic (exact) mass is 316 g/mol. The van der Waals surface area contributed by atoms with Gasteiger partial charge in [0.15, 0.2) is 0 Å². The lowest BCUT2D eigenvalue weighted by Crippen LogP contribution is -2.40. The van der Waals surface area contributed by atoms with Gasteiger partial charge in [-0.2, -0.15) is 0 Å². The topological polar surface area (TPSA) is 38.5 Å². The third-order valence-electron chi connectivity index (χ3n) is 4.46. The van der Waals surface area contributed by atoms with E-state index in [0.29, 0.717) is 5.92 Å². The number of rotatable bonds is 4. The van der Waals surface area contributed by atoms with E-state index in [1.54, 1.807) is 12.1 Å². The Labute approximate surface area is 129 Å². The van der Waals surface area contributed by atoms with E-state index in [1.807, 2.05) is 6.92 Å². The van der Waals surface area contributed by atoms with Crippen molar-refractivity contribution in [3.05, 3.63) is 29.8 Å². The molecular formula is C16H23F3N2O. The van der Waals surface area contributed by atoms with Crippen molar-refractivity contribution in [3.8, 4) is 5.75 Å². The van der Waals surface area contributed by atoms with Crippen LogP contribution in [0.4, 0.5) is 13.2 Å². The first-order chi connectivity index (χ1) is 10.3. The summed E-state index contributed by atoms with van der Waals surface area (Å²) in [5.41, 5.74) is 6.94. The molecule has 0 amide bonds. The number of nitrogens with zero attached hydrogens (tertiary/aromatic N) is 1. The molecule has 1 fully saturated rings. The van der Waals surface area contributed by atoms with E-state index in [2.05, 4.69) is 16.6 Å². The van der Waals surface area contributed by atoms with Crippen LogP contribution in [0, 0.1) is 5.92 Å². The van der Waals surface area contributed by atoms with Gasteiger partial charge in [-0.25, -0.2) is 0 Å². The van der Waals surface area contributed by atoms with Crippen LogP contribution in [-0.4, -0.2) is 30.4 Å². The van der Waals surface area contributed by atoms with Crippen molar-refractivity contribution in [2.24, 2.45) is 11.7 Å². The molecule has 0 radical (unpaired) electrons. The molecule has 22 heavy (non-hydrogen) atoms. The molecule has 3 nitrogen and oxygen atoms in total. The molecule has 124 valence electrons. The number of hydrogen-bond acceptors (Lipinski definition) is 3. The summed E-state index contributed by atoms with van der Waals surface area (Å²) >= 11 is 0. The van der Waals surface area contributed by atoms with E-state index in [4.69, 9.17) is 5.73 Å². The van der Waals surface area contributed by atoms with Gasteiger partial charge >= 0.3 is 6.36 Å². The number of ether oxygens (including phenoxy) is 1. The molecule has 0 aliphatic carbocycles. The van der Waals surface area contributed by atoms with Crippen LogP contribution in [0.15, 0.2) is 24.3 Å². The van der Waals surface area contributed by atoms with Crippen LogP contribution in [0.25, 0.3) is 0 Å². The first-order valence-corrected chi connectivity index (χ1v) is 7.61. The number of likely N-dealkylation sites (tertiary alicyclic amines) is 1. The van der Waals surface area contributed by atoms with Gasteiger partial charge in [-0.3, -0.25) is 4.90 Å². The van der Waals surface area contributed by atoms with Crippen molar-refractivity contribution in [3.63, 3.8) is 0 Å². The van der Waals surface area contributed by atoms with Crippen molar-refractivity contribution >= 4 is 0 Å².